The molecule has 0 spiro atoms. The molecular weight excluding hydrogens is 226 g/mol. The summed E-state index contributed by atoms with van der Waals surface area (Å²) in [7, 11) is 0. The number of aryl methyl sites for hydroxylation is 1. The van der Waals surface area contributed by atoms with E-state index in [0.717, 1.165) is 9.75 Å². The lowest BCUT2D eigenvalue weighted by atomic mass is 10.2. The van der Waals surface area contributed by atoms with E-state index in [1.165, 1.54) is 17.4 Å². The molecule has 1 rings (SSSR count). The molecule has 6 heteroatoms. The molecule has 3 N–H and O–H groups in total. The second-order valence-corrected chi connectivity index (χ2v) is 4.26. The summed E-state index contributed by atoms with van der Waals surface area (Å²) in [6, 6.07) is 4.39. The van der Waals surface area contributed by atoms with E-state index in [9.17, 15) is 9.59 Å². The monoisotopic (exact) mass is 235 g/mol. The molecule has 0 atom stereocenters. The van der Waals surface area contributed by atoms with Crippen LogP contribution >= 0.6 is 11.3 Å². The molecule has 1 aromatic heterocycles. The summed E-state index contributed by atoms with van der Waals surface area (Å²) in [4.78, 5) is 23.6. The minimum Gasteiger partial charge on any atom is -0.351 e. The van der Waals surface area contributed by atoms with Crippen LogP contribution in [0.4, 0.5) is 4.79 Å². The Balaban J connectivity index is 2.91. The van der Waals surface area contributed by atoms with Crippen LogP contribution in [-0.2, 0) is 4.79 Å². The quantitative estimate of drug-likeness (QED) is 0.594. The van der Waals surface area contributed by atoms with Crippen LogP contribution in [0.3, 0.4) is 0 Å². The van der Waals surface area contributed by atoms with Gasteiger partial charge in [-0.15, -0.1) is 11.3 Å². The van der Waals surface area contributed by atoms with Gasteiger partial charge in [0, 0.05) is 9.75 Å². The van der Waals surface area contributed by atoms with Crippen LogP contribution in [0.1, 0.15) is 9.75 Å². The summed E-state index contributed by atoms with van der Waals surface area (Å²) in [5.74, 6) is -0.791. The van der Waals surface area contributed by atoms with Crippen LogP contribution in [0.5, 0.6) is 0 Å². The number of nitrogens with two attached hydrogens (primary N) is 1. The highest BCUT2D eigenvalue weighted by atomic mass is 32.1. The van der Waals surface area contributed by atoms with Crippen LogP contribution < -0.4 is 11.1 Å². The van der Waals surface area contributed by atoms with Crippen molar-refractivity contribution in [2.75, 3.05) is 0 Å². The largest absolute Gasteiger partial charge is 0.351 e. The number of nitriles is 1. The summed E-state index contributed by atoms with van der Waals surface area (Å²) in [5.41, 5.74) is 4.63. The van der Waals surface area contributed by atoms with Crippen LogP contribution in [0.2, 0.25) is 0 Å². The van der Waals surface area contributed by atoms with E-state index in [1.807, 2.05) is 18.3 Å². The molecule has 1 aromatic rings. The Kier molecular flexibility index (Phi) is 3.80. The average molecular weight is 235 g/mol. The number of rotatable bonds is 2. The zero-order valence-corrected chi connectivity index (χ0v) is 9.30. The molecule has 0 aliphatic heterocycles. The Morgan fingerprint density at radius 2 is 2.25 bits per heavy atom. The molecule has 0 saturated carbocycles. The maximum absolute atomic E-state index is 11.3. The van der Waals surface area contributed by atoms with Crippen molar-refractivity contribution in [1.82, 2.24) is 5.32 Å². The van der Waals surface area contributed by atoms with Crippen LogP contribution in [0.25, 0.3) is 6.08 Å². The van der Waals surface area contributed by atoms with E-state index in [-0.39, 0.29) is 5.57 Å². The standard InChI is InChI=1S/C10H9N3O2S/c1-6-2-3-8(16-6)4-7(5-11)9(14)13-10(12)15/h2-4H,1H3,(H3,12,13,14,15)/b7-4-. The molecule has 0 unspecified atom stereocenters. The average Bonchev–Trinajstić information content (AvgIpc) is 2.59. The van der Waals surface area contributed by atoms with E-state index in [2.05, 4.69) is 0 Å². The van der Waals surface area contributed by atoms with Gasteiger partial charge in [-0.1, -0.05) is 0 Å². The molecule has 0 radical (unpaired) electrons. The number of carbonyl (C=O) groups is 2. The number of carbonyl (C=O) groups excluding carboxylic acids is 2. The second-order valence-electron chi connectivity index (χ2n) is 2.94. The van der Waals surface area contributed by atoms with Crippen molar-refractivity contribution in [2.24, 2.45) is 5.73 Å². The lowest BCUT2D eigenvalue weighted by Gasteiger charge is -1.97. The van der Waals surface area contributed by atoms with Crippen LogP contribution in [0.15, 0.2) is 17.7 Å². The Labute approximate surface area is 96.2 Å². The molecule has 0 aliphatic carbocycles. The van der Waals surface area contributed by atoms with Gasteiger partial charge in [0.2, 0.25) is 0 Å². The number of nitrogens with one attached hydrogen (secondary N) is 1. The molecule has 1 heterocycles. The van der Waals surface area contributed by atoms with Gasteiger partial charge in [0.15, 0.2) is 0 Å². The first-order valence-electron chi connectivity index (χ1n) is 4.32. The normalized spacial score (nSPS) is 10.6. The topological polar surface area (TPSA) is 96.0 Å². The fourth-order valence-corrected chi connectivity index (χ4v) is 1.82. The lowest BCUT2D eigenvalue weighted by molar-refractivity contribution is -0.115. The minimum atomic E-state index is -0.978. The van der Waals surface area contributed by atoms with E-state index >= 15 is 0 Å². The van der Waals surface area contributed by atoms with Gasteiger partial charge in [0.05, 0.1) is 0 Å². The summed E-state index contributed by atoms with van der Waals surface area (Å²) in [6.45, 7) is 1.91. The molecule has 0 saturated heterocycles. The fourth-order valence-electron chi connectivity index (χ4n) is 1.00. The number of hydrogen-bond donors (Lipinski definition) is 2. The van der Waals surface area contributed by atoms with Gasteiger partial charge < -0.3 is 5.73 Å². The molecule has 82 valence electrons. The molecule has 0 bridgehead atoms. The van der Waals surface area contributed by atoms with Crippen LogP contribution in [0, 0.1) is 18.3 Å². The maximum atomic E-state index is 11.3. The third-order valence-electron chi connectivity index (χ3n) is 1.65. The maximum Gasteiger partial charge on any atom is 0.319 e. The van der Waals surface area contributed by atoms with Gasteiger partial charge in [-0.2, -0.15) is 5.26 Å². The summed E-state index contributed by atoms with van der Waals surface area (Å²) >= 11 is 1.44. The zero-order valence-electron chi connectivity index (χ0n) is 8.48. The number of imide groups is 1. The van der Waals surface area contributed by atoms with Crippen molar-refractivity contribution < 1.29 is 9.59 Å². The third-order valence-corrected chi connectivity index (χ3v) is 2.60. The first kappa shape index (κ1) is 11.9. The summed E-state index contributed by atoms with van der Waals surface area (Å²) in [5, 5.41) is 10.6. The Bertz CT molecular complexity index is 496. The zero-order chi connectivity index (χ0) is 12.1. The SMILES string of the molecule is Cc1ccc(/C=C(/C#N)C(=O)NC(N)=O)s1. The third kappa shape index (κ3) is 3.22. The van der Waals surface area contributed by atoms with E-state index < -0.39 is 11.9 Å². The lowest BCUT2D eigenvalue weighted by Crippen LogP contribution is -2.35. The molecular formula is C10H9N3O2S. The van der Waals surface area contributed by atoms with E-state index in [1.54, 1.807) is 12.1 Å². The number of hydrogen-bond acceptors (Lipinski definition) is 4. The highest BCUT2D eigenvalue weighted by Gasteiger charge is 2.10. The summed E-state index contributed by atoms with van der Waals surface area (Å²) < 4.78 is 0. The van der Waals surface area contributed by atoms with Gasteiger partial charge >= 0.3 is 6.03 Å². The number of urea groups is 1. The van der Waals surface area contributed by atoms with Crippen molar-refractivity contribution in [3.05, 3.63) is 27.5 Å². The number of primary amides is 1. The van der Waals surface area contributed by atoms with Crippen molar-refractivity contribution in [3.8, 4) is 6.07 Å². The molecule has 0 aromatic carbocycles. The first-order valence-corrected chi connectivity index (χ1v) is 5.13. The van der Waals surface area contributed by atoms with E-state index in [4.69, 9.17) is 11.0 Å². The molecule has 0 aliphatic rings. The highest BCUT2D eigenvalue weighted by molar-refractivity contribution is 7.12. The van der Waals surface area contributed by atoms with Gasteiger partial charge in [0.1, 0.15) is 11.6 Å². The predicted octanol–water partition coefficient (Wildman–Crippen LogP) is 1.16. The number of thiophene rings is 1. The Morgan fingerprint density at radius 1 is 1.56 bits per heavy atom. The predicted molar refractivity (Wildman–Crippen MR) is 60.4 cm³/mol. The fraction of sp³-hybridized carbons (Fsp3) is 0.100. The van der Waals surface area contributed by atoms with Gasteiger partial charge in [-0.3, -0.25) is 10.1 Å². The second kappa shape index (κ2) is 5.09. The highest BCUT2D eigenvalue weighted by Crippen LogP contribution is 2.18. The minimum absolute atomic E-state index is 0.152. The van der Waals surface area contributed by atoms with Crippen LogP contribution in [-0.4, -0.2) is 11.9 Å². The van der Waals surface area contributed by atoms with Crippen molar-refractivity contribution in [2.45, 2.75) is 6.92 Å². The number of nitrogens with zero attached hydrogens (tertiary/aromatic N) is 1. The molecule has 3 amide bonds. The smallest absolute Gasteiger partial charge is 0.319 e. The van der Waals surface area contributed by atoms with Gasteiger partial charge in [-0.05, 0) is 25.1 Å². The van der Waals surface area contributed by atoms with Crippen molar-refractivity contribution in [3.63, 3.8) is 0 Å². The van der Waals surface area contributed by atoms with Gasteiger partial charge in [0.25, 0.3) is 5.91 Å². The van der Waals surface area contributed by atoms with Crippen molar-refractivity contribution in [1.29, 1.82) is 5.26 Å². The Morgan fingerprint density at radius 3 is 2.69 bits per heavy atom. The first-order chi connectivity index (χ1) is 7.52. The molecule has 16 heavy (non-hydrogen) atoms. The van der Waals surface area contributed by atoms with Gasteiger partial charge in [-0.25, -0.2) is 4.79 Å². The number of amides is 3. The Hall–Kier alpha value is -2.13. The molecule has 0 fully saturated rings. The van der Waals surface area contributed by atoms with Crippen molar-refractivity contribution >= 4 is 29.4 Å². The van der Waals surface area contributed by atoms with E-state index in [0.29, 0.717) is 0 Å². The molecule has 5 nitrogen and oxygen atoms in total. The summed E-state index contributed by atoms with van der Waals surface area (Å²) in [6.07, 6.45) is 1.41.